The Balaban J connectivity index is 2.11. The molecule has 2 N–H and O–H groups in total. The second kappa shape index (κ2) is 5.91. The first kappa shape index (κ1) is 13.0. The molecule has 1 aliphatic heterocycles. The van der Waals surface area contributed by atoms with Gasteiger partial charge in [-0.15, -0.1) is 0 Å². The lowest BCUT2D eigenvalue weighted by molar-refractivity contribution is 0.0957. The molecule has 0 radical (unpaired) electrons. The summed E-state index contributed by atoms with van der Waals surface area (Å²) in [6.07, 6.45) is 3.36. The molecule has 5 nitrogen and oxygen atoms in total. The zero-order chi connectivity index (χ0) is 13.0. The number of nitrogens with one attached hydrogen (secondary N) is 2. The van der Waals surface area contributed by atoms with Gasteiger partial charge in [-0.05, 0) is 51.3 Å². The van der Waals surface area contributed by atoms with Gasteiger partial charge >= 0.3 is 0 Å². The topological polar surface area (TPSA) is 66.9 Å². The summed E-state index contributed by atoms with van der Waals surface area (Å²) in [4.78, 5) is 20.2. The van der Waals surface area contributed by atoms with Crippen molar-refractivity contribution in [3.63, 3.8) is 0 Å². The summed E-state index contributed by atoms with van der Waals surface area (Å²) in [5, 5.41) is 5.99. The molecular weight excluding hydrogens is 228 g/mol. The molecule has 1 aromatic heterocycles. The summed E-state index contributed by atoms with van der Waals surface area (Å²) in [6, 6.07) is 1.81. The second-order valence-corrected chi connectivity index (χ2v) is 4.79. The predicted octanol–water partition coefficient (Wildman–Crippen LogP) is 0.687. The standard InChI is InChI=1S/C13H20N4O/c1-9-16-11(6-10-4-3-5-15-8-10)7-12(17-9)13(18)14-2/h7,10,15H,3-6,8H2,1-2H3,(H,14,18). The van der Waals surface area contributed by atoms with Crippen molar-refractivity contribution in [3.05, 3.63) is 23.3 Å². The monoisotopic (exact) mass is 248 g/mol. The SMILES string of the molecule is CNC(=O)c1cc(CC2CCCNC2)nc(C)n1. The van der Waals surface area contributed by atoms with Crippen molar-refractivity contribution in [1.82, 2.24) is 20.6 Å². The lowest BCUT2D eigenvalue weighted by atomic mass is 9.94. The highest BCUT2D eigenvalue weighted by Crippen LogP contribution is 2.15. The van der Waals surface area contributed by atoms with Crippen molar-refractivity contribution in [2.45, 2.75) is 26.2 Å². The fraction of sp³-hybridized carbons (Fsp3) is 0.615. The molecule has 98 valence electrons. The second-order valence-electron chi connectivity index (χ2n) is 4.79. The number of rotatable bonds is 3. The molecule has 5 heteroatoms. The van der Waals surface area contributed by atoms with E-state index in [2.05, 4.69) is 20.6 Å². The molecular formula is C13H20N4O. The van der Waals surface area contributed by atoms with E-state index in [1.165, 1.54) is 12.8 Å². The van der Waals surface area contributed by atoms with Crippen LogP contribution in [0.4, 0.5) is 0 Å². The minimum Gasteiger partial charge on any atom is -0.354 e. The first-order valence-corrected chi connectivity index (χ1v) is 6.46. The minimum absolute atomic E-state index is 0.150. The number of nitrogens with zero attached hydrogens (tertiary/aromatic N) is 2. The third kappa shape index (κ3) is 3.26. The van der Waals surface area contributed by atoms with E-state index in [1.807, 2.05) is 6.92 Å². The van der Waals surface area contributed by atoms with Crippen LogP contribution in [0, 0.1) is 12.8 Å². The molecule has 1 aliphatic rings. The van der Waals surface area contributed by atoms with Crippen LogP contribution < -0.4 is 10.6 Å². The largest absolute Gasteiger partial charge is 0.354 e. The number of aromatic nitrogens is 2. The van der Waals surface area contributed by atoms with Crippen molar-refractivity contribution in [2.24, 2.45) is 5.92 Å². The van der Waals surface area contributed by atoms with Crippen molar-refractivity contribution in [3.8, 4) is 0 Å². The molecule has 0 aliphatic carbocycles. The molecule has 2 heterocycles. The van der Waals surface area contributed by atoms with Crippen LogP contribution in [0.1, 0.15) is 34.8 Å². The maximum atomic E-state index is 11.6. The van der Waals surface area contributed by atoms with Crippen molar-refractivity contribution in [2.75, 3.05) is 20.1 Å². The molecule has 1 fully saturated rings. The molecule has 0 aromatic carbocycles. The third-order valence-corrected chi connectivity index (χ3v) is 3.25. The molecule has 1 unspecified atom stereocenters. The maximum Gasteiger partial charge on any atom is 0.269 e. The zero-order valence-electron chi connectivity index (χ0n) is 11.0. The Morgan fingerprint density at radius 3 is 3.06 bits per heavy atom. The Hall–Kier alpha value is -1.49. The van der Waals surface area contributed by atoms with Gasteiger partial charge in [-0.2, -0.15) is 0 Å². The van der Waals surface area contributed by atoms with Gasteiger partial charge in [-0.3, -0.25) is 4.79 Å². The van der Waals surface area contributed by atoms with E-state index in [9.17, 15) is 4.79 Å². The highest BCUT2D eigenvalue weighted by molar-refractivity contribution is 5.92. The number of carbonyl (C=O) groups excluding carboxylic acids is 1. The normalized spacial score (nSPS) is 19.6. The van der Waals surface area contributed by atoms with Gasteiger partial charge in [0.2, 0.25) is 0 Å². The first-order chi connectivity index (χ1) is 8.69. The van der Waals surface area contributed by atoms with E-state index in [4.69, 9.17) is 0 Å². The van der Waals surface area contributed by atoms with Crippen LogP contribution in [0.3, 0.4) is 0 Å². The smallest absolute Gasteiger partial charge is 0.269 e. The summed E-state index contributed by atoms with van der Waals surface area (Å²) in [5.74, 6) is 1.13. The van der Waals surface area contributed by atoms with E-state index >= 15 is 0 Å². The van der Waals surface area contributed by atoms with E-state index in [0.717, 1.165) is 25.2 Å². The van der Waals surface area contributed by atoms with Gasteiger partial charge in [-0.25, -0.2) is 9.97 Å². The summed E-state index contributed by atoms with van der Waals surface area (Å²) in [7, 11) is 1.62. The molecule has 18 heavy (non-hydrogen) atoms. The van der Waals surface area contributed by atoms with Gasteiger partial charge in [0.15, 0.2) is 0 Å². The van der Waals surface area contributed by atoms with E-state index < -0.39 is 0 Å². The molecule has 0 saturated carbocycles. The van der Waals surface area contributed by atoms with Crippen LogP contribution >= 0.6 is 0 Å². The van der Waals surface area contributed by atoms with Crippen LogP contribution in [0.25, 0.3) is 0 Å². The Labute approximate surface area is 107 Å². The van der Waals surface area contributed by atoms with E-state index in [-0.39, 0.29) is 5.91 Å². The van der Waals surface area contributed by atoms with Crippen molar-refractivity contribution >= 4 is 5.91 Å². The number of hydrogen-bond acceptors (Lipinski definition) is 4. The Morgan fingerprint density at radius 2 is 2.39 bits per heavy atom. The summed E-state index contributed by atoms with van der Waals surface area (Å²) < 4.78 is 0. The number of piperidine rings is 1. The van der Waals surface area contributed by atoms with E-state index in [0.29, 0.717) is 17.4 Å². The first-order valence-electron chi connectivity index (χ1n) is 6.46. The van der Waals surface area contributed by atoms with Crippen LogP contribution in [0.5, 0.6) is 0 Å². The Kier molecular flexibility index (Phi) is 4.25. The lowest BCUT2D eigenvalue weighted by Crippen LogP contribution is -2.31. The number of hydrogen-bond donors (Lipinski definition) is 2. The molecule has 0 spiro atoms. The number of amides is 1. The average Bonchev–Trinajstić information content (AvgIpc) is 2.38. The minimum atomic E-state index is -0.150. The lowest BCUT2D eigenvalue weighted by Gasteiger charge is -2.22. The summed E-state index contributed by atoms with van der Waals surface area (Å²) >= 11 is 0. The van der Waals surface area contributed by atoms with Crippen molar-refractivity contribution in [1.29, 1.82) is 0 Å². The van der Waals surface area contributed by atoms with Gasteiger partial charge in [0.1, 0.15) is 11.5 Å². The number of aryl methyl sites for hydroxylation is 1. The third-order valence-electron chi connectivity index (χ3n) is 3.25. The zero-order valence-corrected chi connectivity index (χ0v) is 11.0. The highest BCUT2D eigenvalue weighted by Gasteiger charge is 2.16. The fourth-order valence-corrected chi connectivity index (χ4v) is 2.37. The molecule has 1 amide bonds. The maximum absolute atomic E-state index is 11.6. The molecule has 1 aromatic rings. The quantitative estimate of drug-likeness (QED) is 0.826. The van der Waals surface area contributed by atoms with Gasteiger partial charge in [0.05, 0.1) is 0 Å². The van der Waals surface area contributed by atoms with Gasteiger partial charge in [-0.1, -0.05) is 0 Å². The predicted molar refractivity (Wildman–Crippen MR) is 69.5 cm³/mol. The van der Waals surface area contributed by atoms with Crippen molar-refractivity contribution < 1.29 is 4.79 Å². The van der Waals surface area contributed by atoms with Crippen LogP contribution in [0.2, 0.25) is 0 Å². The van der Waals surface area contributed by atoms with Crippen LogP contribution in [-0.2, 0) is 6.42 Å². The molecule has 1 atom stereocenters. The molecule has 2 rings (SSSR count). The Bertz CT molecular complexity index is 427. The fourth-order valence-electron chi connectivity index (χ4n) is 2.37. The summed E-state index contributed by atoms with van der Waals surface area (Å²) in [6.45, 7) is 3.98. The van der Waals surface area contributed by atoms with Gasteiger partial charge < -0.3 is 10.6 Å². The van der Waals surface area contributed by atoms with Gasteiger partial charge in [0.25, 0.3) is 5.91 Å². The average molecular weight is 248 g/mol. The van der Waals surface area contributed by atoms with Crippen LogP contribution in [0.15, 0.2) is 6.07 Å². The van der Waals surface area contributed by atoms with Gasteiger partial charge in [0, 0.05) is 12.7 Å². The highest BCUT2D eigenvalue weighted by atomic mass is 16.1. The van der Waals surface area contributed by atoms with E-state index in [1.54, 1.807) is 13.1 Å². The molecule has 1 saturated heterocycles. The number of carbonyl (C=O) groups is 1. The molecule has 0 bridgehead atoms. The Morgan fingerprint density at radius 1 is 1.56 bits per heavy atom. The summed E-state index contributed by atoms with van der Waals surface area (Å²) in [5.41, 5.74) is 1.43. The van der Waals surface area contributed by atoms with Crippen LogP contribution in [-0.4, -0.2) is 36.0 Å².